The third-order valence-electron chi connectivity index (χ3n) is 7.44. The van der Waals surface area contributed by atoms with E-state index in [1.807, 2.05) is 12.1 Å². The summed E-state index contributed by atoms with van der Waals surface area (Å²) in [5, 5.41) is 9.55. The predicted molar refractivity (Wildman–Crippen MR) is 172 cm³/mol. The van der Waals surface area contributed by atoms with Gasteiger partial charge in [0.2, 0.25) is 0 Å². The van der Waals surface area contributed by atoms with E-state index in [1.165, 1.54) is 17.7 Å². The number of urea groups is 1. The van der Waals surface area contributed by atoms with Crippen molar-refractivity contribution >= 4 is 60.8 Å². The Morgan fingerprint density at radius 1 is 0.978 bits per heavy atom. The monoisotopic (exact) mass is 634 g/mol. The molecule has 5 aromatic rings. The molecule has 1 aliphatic heterocycles. The fourth-order valence-electron chi connectivity index (χ4n) is 5.01. The summed E-state index contributed by atoms with van der Waals surface area (Å²) in [7, 11) is 3.75. The highest BCUT2D eigenvalue weighted by atomic mass is 32.1. The van der Waals surface area contributed by atoms with E-state index in [9.17, 15) is 13.6 Å². The van der Waals surface area contributed by atoms with Crippen LogP contribution < -0.4 is 25.4 Å². The van der Waals surface area contributed by atoms with Crippen LogP contribution >= 0.6 is 11.3 Å². The number of nitrogens with zero attached hydrogens (tertiary/aromatic N) is 5. The van der Waals surface area contributed by atoms with Crippen LogP contribution in [0.15, 0.2) is 54.9 Å². The lowest BCUT2D eigenvalue weighted by molar-refractivity contribution is 0.145. The van der Waals surface area contributed by atoms with E-state index >= 15 is 0 Å². The van der Waals surface area contributed by atoms with Gasteiger partial charge >= 0.3 is 6.03 Å². The number of likely N-dealkylation sites (N-methyl/N-ethyl adjacent to an activating group) is 1. The number of rotatable bonds is 10. The number of nitrogens with one attached hydrogen (secondary N) is 3. The molecule has 3 N–H and O–H groups in total. The van der Waals surface area contributed by atoms with Crippen molar-refractivity contribution in [3.63, 3.8) is 0 Å². The van der Waals surface area contributed by atoms with Crippen molar-refractivity contribution in [3.05, 3.63) is 66.5 Å². The van der Waals surface area contributed by atoms with E-state index in [2.05, 4.69) is 47.7 Å². The molecule has 0 atom stereocenters. The van der Waals surface area contributed by atoms with Crippen molar-refractivity contribution in [2.24, 2.45) is 0 Å². The highest BCUT2D eigenvalue weighted by molar-refractivity contribution is 7.22. The van der Waals surface area contributed by atoms with Gasteiger partial charge in [-0.2, -0.15) is 0 Å². The summed E-state index contributed by atoms with van der Waals surface area (Å²) >= 11 is 1.36. The summed E-state index contributed by atoms with van der Waals surface area (Å²) in [6.07, 6.45) is 2.39. The molecule has 3 aromatic carbocycles. The molecule has 1 saturated heterocycles. The molecule has 6 rings (SSSR count). The van der Waals surface area contributed by atoms with Crippen LogP contribution in [0.2, 0.25) is 0 Å². The maximum atomic E-state index is 13.9. The largest absolute Gasteiger partial charge is 0.493 e. The lowest BCUT2D eigenvalue weighted by atomic mass is 10.2. The summed E-state index contributed by atoms with van der Waals surface area (Å²) < 4.78 is 39.9. The zero-order valence-electron chi connectivity index (χ0n) is 24.8. The number of fused-ring (bicyclic) bond motifs is 2. The average molecular weight is 635 g/mol. The number of aromatic nitrogens is 3. The topological polar surface area (TPSA) is 117 Å². The minimum Gasteiger partial charge on any atom is -0.493 e. The number of anilines is 4. The maximum Gasteiger partial charge on any atom is 0.323 e. The molecule has 0 saturated carbocycles. The number of thiazole rings is 1. The molecule has 45 heavy (non-hydrogen) atoms. The molecule has 14 heteroatoms. The van der Waals surface area contributed by atoms with Crippen LogP contribution in [0.4, 0.5) is 35.9 Å². The lowest BCUT2D eigenvalue weighted by Crippen LogP contribution is -2.44. The van der Waals surface area contributed by atoms with Crippen molar-refractivity contribution in [2.75, 3.05) is 69.4 Å². The molecule has 0 unspecified atom stereocenters. The van der Waals surface area contributed by atoms with Gasteiger partial charge in [-0.25, -0.2) is 28.5 Å². The number of benzene rings is 3. The van der Waals surface area contributed by atoms with Gasteiger partial charge in [0.05, 0.1) is 35.1 Å². The fourth-order valence-corrected chi connectivity index (χ4v) is 5.92. The Balaban J connectivity index is 1.12. The number of hydrogen-bond donors (Lipinski definition) is 3. The van der Waals surface area contributed by atoms with E-state index in [-0.39, 0.29) is 5.69 Å². The number of halogens is 2. The highest BCUT2D eigenvalue weighted by Gasteiger charge is 2.16. The number of piperazine rings is 1. The number of carbonyl (C=O) groups is 1. The van der Waals surface area contributed by atoms with Crippen LogP contribution in [-0.2, 0) is 0 Å². The van der Waals surface area contributed by atoms with Gasteiger partial charge in [0, 0.05) is 55.9 Å². The first-order valence-electron chi connectivity index (χ1n) is 14.4. The van der Waals surface area contributed by atoms with Crippen molar-refractivity contribution in [1.29, 1.82) is 0 Å². The summed E-state index contributed by atoms with van der Waals surface area (Å²) in [4.78, 5) is 30.7. The molecular weight excluding hydrogens is 602 g/mol. The van der Waals surface area contributed by atoms with Crippen LogP contribution in [0.5, 0.6) is 11.5 Å². The quantitative estimate of drug-likeness (QED) is 0.161. The zero-order valence-corrected chi connectivity index (χ0v) is 25.6. The molecule has 2 aromatic heterocycles. The van der Waals surface area contributed by atoms with Gasteiger partial charge < -0.3 is 35.2 Å². The second-order valence-electron chi connectivity index (χ2n) is 10.6. The van der Waals surface area contributed by atoms with Crippen LogP contribution in [0.3, 0.4) is 0 Å². The van der Waals surface area contributed by atoms with E-state index < -0.39 is 17.7 Å². The highest BCUT2D eigenvalue weighted by Crippen LogP contribution is 2.36. The molecule has 11 nitrogen and oxygen atoms in total. The van der Waals surface area contributed by atoms with Gasteiger partial charge in [-0.15, -0.1) is 0 Å². The van der Waals surface area contributed by atoms with E-state index in [4.69, 9.17) is 9.47 Å². The van der Waals surface area contributed by atoms with Crippen molar-refractivity contribution < 1.29 is 23.0 Å². The Kier molecular flexibility index (Phi) is 9.14. The minimum atomic E-state index is -0.740. The molecular formula is C31H32F2N8O3S. The van der Waals surface area contributed by atoms with Gasteiger partial charge in [-0.05, 0) is 49.9 Å². The summed E-state index contributed by atoms with van der Waals surface area (Å²) in [6.45, 7) is 5.88. The van der Waals surface area contributed by atoms with Gasteiger partial charge in [0.15, 0.2) is 16.6 Å². The maximum absolute atomic E-state index is 13.9. The average Bonchev–Trinajstić information content (AvgIpc) is 3.43. The third kappa shape index (κ3) is 7.36. The number of hydrogen-bond acceptors (Lipinski definition) is 10. The first-order valence-corrected chi connectivity index (χ1v) is 15.2. The molecule has 0 spiro atoms. The second-order valence-corrected chi connectivity index (χ2v) is 11.6. The molecule has 0 bridgehead atoms. The molecule has 1 aliphatic rings. The first-order chi connectivity index (χ1) is 21.8. The Bertz CT molecular complexity index is 1830. The summed E-state index contributed by atoms with van der Waals surface area (Å²) in [5.74, 6) is 0.353. The van der Waals surface area contributed by atoms with Crippen molar-refractivity contribution in [3.8, 4) is 11.5 Å². The Morgan fingerprint density at radius 3 is 2.64 bits per heavy atom. The smallest absolute Gasteiger partial charge is 0.323 e. The molecule has 0 radical (unpaired) electrons. The van der Waals surface area contributed by atoms with Gasteiger partial charge in [-0.1, -0.05) is 11.3 Å². The normalized spacial score (nSPS) is 14.0. The van der Waals surface area contributed by atoms with E-state index in [0.717, 1.165) is 67.4 Å². The minimum absolute atomic E-state index is 0.258. The lowest BCUT2D eigenvalue weighted by Gasteiger charge is -2.32. The number of amides is 2. The Hall–Kier alpha value is -4.66. The van der Waals surface area contributed by atoms with Crippen LogP contribution in [0, 0.1) is 11.6 Å². The second kappa shape index (κ2) is 13.5. The third-order valence-corrected chi connectivity index (χ3v) is 8.37. The predicted octanol–water partition coefficient (Wildman–Crippen LogP) is 5.93. The zero-order chi connectivity index (χ0) is 31.3. The number of carbonyl (C=O) groups excluding carboxylic acids is 1. The van der Waals surface area contributed by atoms with Crippen LogP contribution in [0.1, 0.15) is 6.42 Å². The number of ether oxygens (including phenoxy) is 2. The molecule has 0 aliphatic carbocycles. The fraction of sp³-hybridized carbons (Fsp3) is 0.290. The summed E-state index contributed by atoms with van der Waals surface area (Å²) in [5.41, 5.74) is 1.59. The first kappa shape index (κ1) is 30.4. The van der Waals surface area contributed by atoms with Crippen LogP contribution in [-0.4, -0.2) is 84.3 Å². The Labute approximate surface area is 262 Å². The van der Waals surface area contributed by atoms with Gasteiger partial charge in [0.25, 0.3) is 0 Å². The van der Waals surface area contributed by atoms with Gasteiger partial charge in [0.1, 0.15) is 23.8 Å². The van der Waals surface area contributed by atoms with Crippen LogP contribution in [0.25, 0.3) is 21.1 Å². The molecule has 234 valence electrons. The molecule has 1 fully saturated rings. The SMILES string of the molecule is COc1cc2c(Nc3nc4ccc(NC(=O)Nc5cc(F)ccc5F)cc4s3)ncnc2cc1OCCCN1CCN(C)CC1. The van der Waals surface area contributed by atoms with Crippen molar-refractivity contribution in [1.82, 2.24) is 24.8 Å². The van der Waals surface area contributed by atoms with Crippen molar-refractivity contribution in [2.45, 2.75) is 6.42 Å². The summed E-state index contributed by atoms with van der Waals surface area (Å²) in [6, 6.07) is 11.0. The van der Waals surface area contributed by atoms with E-state index in [0.29, 0.717) is 45.8 Å². The van der Waals surface area contributed by atoms with Gasteiger partial charge in [-0.3, -0.25) is 0 Å². The molecule has 2 amide bonds. The van der Waals surface area contributed by atoms with E-state index in [1.54, 1.807) is 25.3 Å². The number of methoxy groups -OCH3 is 1. The Morgan fingerprint density at radius 2 is 1.82 bits per heavy atom. The molecule has 3 heterocycles. The standard InChI is InChI=1S/C31H32F2N8O3S/c1-40-9-11-41(12-10-40)8-3-13-44-27-17-24-21(16-26(27)43-2)29(35-18-34-24)39-31-38-23-7-5-20(15-28(23)45-31)36-30(42)37-25-14-19(32)4-6-22(25)33/h4-7,14-18H,3,8-13H2,1-2H3,(H2,36,37,42)(H,34,35,38,39).